The molecule has 2 rings (SSSR count). The quantitative estimate of drug-likeness (QED) is 0.724. The highest BCUT2D eigenvalue weighted by Gasteiger charge is 2.15. The minimum Gasteiger partial charge on any atom is -0.483 e. The third-order valence-electron chi connectivity index (χ3n) is 3.63. The molecule has 142 valence electrons. The van der Waals surface area contributed by atoms with Crippen molar-refractivity contribution in [1.29, 1.82) is 5.26 Å². The first-order valence-corrected chi connectivity index (χ1v) is 9.87. The number of aryl methyl sites for hydroxylation is 1. The Morgan fingerprint density at radius 3 is 2.67 bits per heavy atom. The normalized spacial score (nSPS) is 10.9. The zero-order chi connectivity index (χ0) is 19.9. The molecule has 7 nitrogen and oxygen atoms in total. The number of ether oxygens (including phenoxy) is 1. The summed E-state index contributed by atoms with van der Waals surface area (Å²) < 4.78 is 32.3. The lowest BCUT2D eigenvalue weighted by Crippen LogP contribution is -2.24. The van der Waals surface area contributed by atoms with Crippen LogP contribution in [0.5, 0.6) is 5.75 Å². The molecule has 2 aromatic rings. The number of benzene rings is 2. The summed E-state index contributed by atoms with van der Waals surface area (Å²) in [5.41, 5.74) is 1.55. The average Bonchev–Trinajstić information content (AvgIpc) is 2.65. The molecular weight excluding hydrogens is 366 g/mol. The second-order valence-electron chi connectivity index (χ2n) is 5.85. The maximum Gasteiger partial charge on any atom is 0.262 e. The summed E-state index contributed by atoms with van der Waals surface area (Å²) in [6.45, 7) is 3.72. The number of sulfonamides is 1. The van der Waals surface area contributed by atoms with Crippen molar-refractivity contribution in [3.8, 4) is 11.8 Å². The Morgan fingerprint density at radius 1 is 1.22 bits per heavy atom. The molecule has 0 atom stereocenters. The number of nitrogens with zero attached hydrogens (tertiary/aromatic N) is 1. The molecule has 0 heterocycles. The van der Waals surface area contributed by atoms with Crippen molar-refractivity contribution in [1.82, 2.24) is 4.72 Å². The number of rotatable bonds is 8. The van der Waals surface area contributed by atoms with Gasteiger partial charge in [0.2, 0.25) is 10.0 Å². The van der Waals surface area contributed by atoms with E-state index in [2.05, 4.69) is 10.0 Å². The van der Waals surface area contributed by atoms with Crippen LogP contribution in [0, 0.1) is 18.3 Å². The summed E-state index contributed by atoms with van der Waals surface area (Å²) in [7, 11) is -3.55. The highest BCUT2D eigenvalue weighted by Crippen LogP contribution is 2.22. The van der Waals surface area contributed by atoms with E-state index in [1.807, 2.05) is 13.0 Å². The van der Waals surface area contributed by atoms with Gasteiger partial charge in [-0.1, -0.05) is 13.0 Å². The lowest BCUT2D eigenvalue weighted by Gasteiger charge is -2.12. The van der Waals surface area contributed by atoms with E-state index in [1.165, 1.54) is 18.2 Å². The Balaban J connectivity index is 1.99. The van der Waals surface area contributed by atoms with E-state index in [-0.39, 0.29) is 17.4 Å². The van der Waals surface area contributed by atoms with Gasteiger partial charge in [0.15, 0.2) is 6.61 Å². The predicted molar refractivity (Wildman–Crippen MR) is 102 cm³/mol. The minimum atomic E-state index is -3.55. The molecular formula is C19H21N3O4S. The van der Waals surface area contributed by atoms with Crippen LogP contribution in [0.4, 0.5) is 5.69 Å². The van der Waals surface area contributed by atoms with Gasteiger partial charge in [-0.2, -0.15) is 5.26 Å². The second-order valence-corrected chi connectivity index (χ2v) is 7.62. The van der Waals surface area contributed by atoms with E-state index in [9.17, 15) is 13.2 Å². The first kappa shape index (κ1) is 20.4. The molecule has 0 fully saturated rings. The van der Waals surface area contributed by atoms with Crippen LogP contribution < -0.4 is 14.8 Å². The summed E-state index contributed by atoms with van der Waals surface area (Å²) in [5.74, 6) is 0.0381. The molecule has 27 heavy (non-hydrogen) atoms. The van der Waals surface area contributed by atoms with E-state index in [0.29, 0.717) is 35.5 Å². The largest absolute Gasteiger partial charge is 0.483 e. The van der Waals surface area contributed by atoms with E-state index in [4.69, 9.17) is 10.00 Å². The molecule has 0 radical (unpaired) electrons. The lowest BCUT2D eigenvalue weighted by atomic mass is 10.2. The molecule has 0 aliphatic heterocycles. The smallest absolute Gasteiger partial charge is 0.262 e. The Morgan fingerprint density at radius 2 is 2.00 bits per heavy atom. The molecule has 2 N–H and O–H groups in total. The zero-order valence-electron chi connectivity index (χ0n) is 15.2. The van der Waals surface area contributed by atoms with Crippen LogP contribution in [0.25, 0.3) is 0 Å². The van der Waals surface area contributed by atoms with E-state index >= 15 is 0 Å². The molecule has 0 aromatic heterocycles. The number of anilines is 1. The monoisotopic (exact) mass is 387 g/mol. The van der Waals surface area contributed by atoms with Crippen LogP contribution in [-0.4, -0.2) is 27.5 Å². The van der Waals surface area contributed by atoms with Crippen molar-refractivity contribution in [3.05, 3.63) is 53.6 Å². The van der Waals surface area contributed by atoms with Crippen LogP contribution in [-0.2, 0) is 14.8 Å². The molecule has 0 unspecified atom stereocenters. The summed E-state index contributed by atoms with van der Waals surface area (Å²) in [4.78, 5) is 12.2. The summed E-state index contributed by atoms with van der Waals surface area (Å²) in [6, 6.07) is 13.0. The molecule has 0 saturated heterocycles. The molecule has 0 aliphatic rings. The van der Waals surface area contributed by atoms with E-state index in [1.54, 1.807) is 31.2 Å². The van der Waals surface area contributed by atoms with Gasteiger partial charge < -0.3 is 10.1 Å². The average molecular weight is 387 g/mol. The van der Waals surface area contributed by atoms with Gasteiger partial charge in [0.05, 0.1) is 16.5 Å². The van der Waals surface area contributed by atoms with Gasteiger partial charge in [0.25, 0.3) is 5.91 Å². The number of amides is 1. The Kier molecular flexibility index (Phi) is 6.93. The van der Waals surface area contributed by atoms with Crippen molar-refractivity contribution < 1.29 is 17.9 Å². The van der Waals surface area contributed by atoms with Crippen LogP contribution in [0.1, 0.15) is 24.5 Å². The molecule has 8 heteroatoms. The fourth-order valence-electron chi connectivity index (χ4n) is 2.28. The second kappa shape index (κ2) is 9.16. The molecule has 2 aromatic carbocycles. The van der Waals surface area contributed by atoms with Gasteiger partial charge in [0.1, 0.15) is 5.75 Å². The maximum atomic E-state index is 12.1. The molecule has 1 amide bonds. The standard InChI is InChI=1S/C19H21N3O4S/c1-3-9-21-27(24,25)17-7-8-18(14(2)10-17)26-13-19(23)22-16-6-4-5-15(11-16)12-20/h4-8,10-11,21H,3,9,13H2,1-2H3,(H,22,23). The number of nitrogens with one attached hydrogen (secondary N) is 2. The first-order chi connectivity index (χ1) is 12.9. The maximum absolute atomic E-state index is 12.1. The zero-order valence-corrected chi connectivity index (χ0v) is 16.0. The Bertz CT molecular complexity index is 965. The third kappa shape index (κ3) is 5.81. The number of hydrogen-bond acceptors (Lipinski definition) is 5. The van der Waals surface area contributed by atoms with Gasteiger partial charge >= 0.3 is 0 Å². The first-order valence-electron chi connectivity index (χ1n) is 8.39. The summed E-state index contributed by atoms with van der Waals surface area (Å²) in [6.07, 6.45) is 0.700. The number of nitriles is 1. The molecule has 0 spiro atoms. The SMILES string of the molecule is CCCNS(=O)(=O)c1ccc(OCC(=O)Nc2cccc(C#N)c2)c(C)c1. The Hall–Kier alpha value is -2.89. The van der Waals surface area contributed by atoms with Crippen LogP contribution >= 0.6 is 0 Å². The fourth-order valence-corrected chi connectivity index (χ4v) is 3.50. The number of carbonyl (C=O) groups is 1. The number of carbonyl (C=O) groups excluding carboxylic acids is 1. The van der Waals surface area contributed by atoms with Crippen LogP contribution in [0.15, 0.2) is 47.4 Å². The summed E-state index contributed by atoms with van der Waals surface area (Å²) >= 11 is 0. The number of hydrogen-bond donors (Lipinski definition) is 2. The topological polar surface area (TPSA) is 108 Å². The van der Waals surface area contributed by atoms with E-state index in [0.717, 1.165) is 0 Å². The van der Waals surface area contributed by atoms with Gasteiger partial charge in [-0.05, 0) is 55.3 Å². The third-order valence-corrected chi connectivity index (χ3v) is 5.09. The van der Waals surface area contributed by atoms with Gasteiger partial charge in [-0.25, -0.2) is 13.1 Å². The van der Waals surface area contributed by atoms with Gasteiger partial charge in [-0.15, -0.1) is 0 Å². The predicted octanol–water partition coefficient (Wildman–Crippen LogP) is 2.57. The van der Waals surface area contributed by atoms with Crippen molar-refractivity contribution in [2.45, 2.75) is 25.2 Å². The van der Waals surface area contributed by atoms with Crippen molar-refractivity contribution >= 4 is 21.6 Å². The minimum absolute atomic E-state index is 0.151. The Labute approximate surface area is 159 Å². The molecule has 0 aliphatic carbocycles. The van der Waals surface area contributed by atoms with Gasteiger partial charge in [0, 0.05) is 12.2 Å². The van der Waals surface area contributed by atoms with Gasteiger partial charge in [-0.3, -0.25) is 4.79 Å². The summed E-state index contributed by atoms with van der Waals surface area (Å²) in [5, 5.41) is 11.5. The van der Waals surface area contributed by atoms with Crippen molar-refractivity contribution in [3.63, 3.8) is 0 Å². The highest BCUT2D eigenvalue weighted by molar-refractivity contribution is 7.89. The highest BCUT2D eigenvalue weighted by atomic mass is 32.2. The van der Waals surface area contributed by atoms with Crippen molar-refractivity contribution in [2.24, 2.45) is 0 Å². The van der Waals surface area contributed by atoms with Crippen LogP contribution in [0.2, 0.25) is 0 Å². The lowest BCUT2D eigenvalue weighted by molar-refractivity contribution is -0.118. The van der Waals surface area contributed by atoms with Crippen molar-refractivity contribution in [2.75, 3.05) is 18.5 Å². The fraction of sp³-hybridized carbons (Fsp3) is 0.263. The van der Waals surface area contributed by atoms with E-state index < -0.39 is 10.0 Å². The van der Waals surface area contributed by atoms with Crippen LogP contribution in [0.3, 0.4) is 0 Å². The molecule has 0 bridgehead atoms. The molecule has 0 saturated carbocycles.